The van der Waals surface area contributed by atoms with Crippen LogP contribution in [0.5, 0.6) is 5.75 Å². The molecule has 0 fully saturated rings. The maximum atomic E-state index is 13.6. The van der Waals surface area contributed by atoms with Crippen LogP contribution in [-0.4, -0.2) is 69.2 Å². The number of benzene rings is 2. The molecule has 0 spiro atoms. The molecule has 2 aromatic carbocycles. The Kier molecular flexibility index (Phi) is 7.81. The lowest BCUT2D eigenvalue weighted by atomic mass is 10.0. The predicted molar refractivity (Wildman–Crippen MR) is 117 cm³/mol. The predicted octanol–water partition coefficient (Wildman–Crippen LogP) is 2.57. The second-order valence-electron chi connectivity index (χ2n) is 7.07. The van der Waals surface area contributed by atoms with Crippen molar-refractivity contribution < 1.29 is 23.8 Å². The lowest BCUT2D eigenvalue weighted by Crippen LogP contribution is -2.37. The van der Waals surface area contributed by atoms with Crippen LogP contribution in [0.25, 0.3) is 5.57 Å². The molecule has 0 aliphatic carbocycles. The first-order chi connectivity index (χ1) is 15.1. The van der Waals surface area contributed by atoms with E-state index in [1.165, 1.54) is 4.90 Å². The summed E-state index contributed by atoms with van der Waals surface area (Å²) in [6.45, 7) is 1.90. The van der Waals surface area contributed by atoms with E-state index in [9.17, 15) is 9.59 Å². The van der Waals surface area contributed by atoms with Crippen LogP contribution in [0.1, 0.15) is 11.1 Å². The minimum absolute atomic E-state index is 0.129. The maximum Gasteiger partial charge on any atom is 0.278 e. The van der Waals surface area contributed by atoms with E-state index in [1.807, 2.05) is 59.5 Å². The topological polar surface area (TPSA) is 68.3 Å². The van der Waals surface area contributed by atoms with Gasteiger partial charge in [-0.15, -0.1) is 0 Å². The molecule has 1 aliphatic heterocycles. The fourth-order valence-electron chi connectivity index (χ4n) is 3.61. The Labute approximate surface area is 182 Å². The summed E-state index contributed by atoms with van der Waals surface area (Å²) in [5.74, 6) is -0.0210. The van der Waals surface area contributed by atoms with Crippen LogP contribution in [0.15, 0.2) is 60.3 Å². The van der Waals surface area contributed by atoms with Gasteiger partial charge in [0.2, 0.25) is 0 Å². The highest BCUT2D eigenvalue weighted by molar-refractivity contribution is 6.35. The lowest BCUT2D eigenvalue weighted by molar-refractivity contribution is -0.138. The zero-order valence-corrected chi connectivity index (χ0v) is 18.2. The van der Waals surface area contributed by atoms with Gasteiger partial charge in [-0.25, -0.2) is 0 Å². The van der Waals surface area contributed by atoms with Gasteiger partial charge in [-0.1, -0.05) is 48.5 Å². The fourth-order valence-corrected chi connectivity index (χ4v) is 3.61. The van der Waals surface area contributed by atoms with Crippen molar-refractivity contribution in [3.63, 3.8) is 0 Å². The lowest BCUT2D eigenvalue weighted by Gasteiger charge is -2.25. The first-order valence-corrected chi connectivity index (χ1v) is 10.1. The Morgan fingerprint density at radius 1 is 0.806 bits per heavy atom. The molecule has 31 heavy (non-hydrogen) atoms. The standard InChI is InChI=1S/C24H28N2O5/c1-29-15-13-25(14-16-30-2)22-21(18-9-5-4-6-10-18)23(27)26(24(22)28)17-19-11-7-8-12-20(19)31-3/h4-12H,13-17H2,1-3H3. The van der Waals surface area contributed by atoms with Crippen molar-refractivity contribution in [3.05, 3.63) is 71.4 Å². The zero-order valence-electron chi connectivity index (χ0n) is 18.2. The summed E-state index contributed by atoms with van der Waals surface area (Å²) < 4.78 is 15.9. The molecule has 0 saturated heterocycles. The van der Waals surface area contributed by atoms with Crippen molar-refractivity contribution in [2.24, 2.45) is 0 Å². The van der Waals surface area contributed by atoms with Crippen LogP contribution in [0.2, 0.25) is 0 Å². The number of carbonyl (C=O) groups excluding carboxylic acids is 2. The average molecular weight is 424 g/mol. The molecule has 0 aromatic heterocycles. The molecule has 7 heteroatoms. The molecule has 0 atom stereocenters. The van der Waals surface area contributed by atoms with Gasteiger partial charge in [0.25, 0.3) is 11.8 Å². The minimum atomic E-state index is -0.332. The summed E-state index contributed by atoms with van der Waals surface area (Å²) in [7, 11) is 4.79. The number of nitrogens with zero attached hydrogens (tertiary/aromatic N) is 2. The molecule has 7 nitrogen and oxygen atoms in total. The largest absolute Gasteiger partial charge is 0.496 e. The number of ether oxygens (including phenoxy) is 3. The summed E-state index contributed by atoms with van der Waals surface area (Å²) in [5, 5.41) is 0. The Morgan fingerprint density at radius 2 is 1.42 bits per heavy atom. The fraction of sp³-hybridized carbons (Fsp3) is 0.333. The smallest absolute Gasteiger partial charge is 0.278 e. The Bertz CT molecular complexity index is 934. The minimum Gasteiger partial charge on any atom is -0.496 e. The zero-order chi connectivity index (χ0) is 22.2. The monoisotopic (exact) mass is 424 g/mol. The SMILES string of the molecule is COCCN(CCOC)C1=C(c2ccccc2)C(=O)N(Cc2ccccc2OC)C1=O. The van der Waals surface area contributed by atoms with Crippen LogP contribution in [0.4, 0.5) is 0 Å². The molecule has 164 valence electrons. The third-order valence-electron chi connectivity index (χ3n) is 5.17. The summed E-state index contributed by atoms with van der Waals surface area (Å²) in [5.41, 5.74) is 2.24. The van der Waals surface area contributed by atoms with E-state index < -0.39 is 0 Å². The maximum absolute atomic E-state index is 13.6. The van der Waals surface area contributed by atoms with Gasteiger partial charge in [0.15, 0.2) is 0 Å². The molecule has 1 aliphatic rings. The molecule has 0 saturated carbocycles. The summed E-state index contributed by atoms with van der Waals surface area (Å²) in [6.07, 6.45) is 0. The van der Waals surface area contributed by atoms with Crippen LogP contribution < -0.4 is 4.74 Å². The van der Waals surface area contributed by atoms with Crippen LogP contribution in [0, 0.1) is 0 Å². The first-order valence-electron chi connectivity index (χ1n) is 10.1. The van der Waals surface area contributed by atoms with Crippen molar-refractivity contribution in [2.75, 3.05) is 47.6 Å². The number of methoxy groups -OCH3 is 3. The highest BCUT2D eigenvalue weighted by atomic mass is 16.5. The summed E-state index contributed by atoms with van der Waals surface area (Å²) >= 11 is 0. The molecular formula is C24H28N2O5. The third kappa shape index (κ3) is 4.95. The average Bonchev–Trinajstić information content (AvgIpc) is 3.05. The van der Waals surface area contributed by atoms with Gasteiger partial charge >= 0.3 is 0 Å². The van der Waals surface area contributed by atoms with Gasteiger partial charge in [-0.2, -0.15) is 0 Å². The van der Waals surface area contributed by atoms with E-state index in [1.54, 1.807) is 21.3 Å². The Hall–Kier alpha value is -3.16. The van der Waals surface area contributed by atoms with Gasteiger partial charge in [-0.3, -0.25) is 14.5 Å². The number of rotatable bonds is 11. The van der Waals surface area contributed by atoms with E-state index in [2.05, 4.69) is 0 Å². The second-order valence-corrected chi connectivity index (χ2v) is 7.07. The second kappa shape index (κ2) is 10.7. The molecule has 0 unspecified atom stereocenters. The quantitative estimate of drug-likeness (QED) is 0.517. The van der Waals surface area contributed by atoms with Crippen LogP contribution in [0.3, 0.4) is 0 Å². The van der Waals surface area contributed by atoms with Crippen molar-refractivity contribution in [1.29, 1.82) is 0 Å². The van der Waals surface area contributed by atoms with E-state index in [-0.39, 0.29) is 18.4 Å². The van der Waals surface area contributed by atoms with Crippen molar-refractivity contribution >= 4 is 17.4 Å². The molecule has 1 heterocycles. The van der Waals surface area contributed by atoms with E-state index in [0.717, 1.165) is 5.56 Å². The third-order valence-corrected chi connectivity index (χ3v) is 5.17. The molecule has 0 N–H and O–H groups in total. The molecular weight excluding hydrogens is 396 g/mol. The van der Waals surface area contributed by atoms with Crippen molar-refractivity contribution in [1.82, 2.24) is 9.80 Å². The van der Waals surface area contributed by atoms with Crippen LogP contribution in [-0.2, 0) is 25.6 Å². The number of imide groups is 1. The molecule has 0 bridgehead atoms. The highest BCUT2D eigenvalue weighted by Crippen LogP contribution is 2.33. The van der Waals surface area contributed by atoms with E-state index in [4.69, 9.17) is 14.2 Å². The summed E-state index contributed by atoms with van der Waals surface area (Å²) in [6, 6.07) is 16.7. The molecule has 3 rings (SSSR count). The first kappa shape index (κ1) is 22.5. The van der Waals surface area contributed by atoms with Crippen molar-refractivity contribution in [3.8, 4) is 5.75 Å². The summed E-state index contributed by atoms with van der Waals surface area (Å²) in [4.78, 5) is 30.2. The molecule has 2 amide bonds. The van der Waals surface area contributed by atoms with E-state index in [0.29, 0.717) is 48.9 Å². The van der Waals surface area contributed by atoms with Crippen LogP contribution >= 0.6 is 0 Å². The van der Waals surface area contributed by atoms with Crippen molar-refractivity contribution in [2.45, 2.75) is 6.54 Å². The number of amides is 2. The van der Waals surface area contributed by atoms with Gasteiger partial charge in [0, 0.05) is 32.9 Å². The normalized spacial score (nSPS) is 13.8. The number of carbonyl (C=O) groups is 2. The number of para-hydroxylation sites is 1. The Morgan fingerprint density at radius 3 is 2.03 bits per heavy atom. The number of hydrogen-bond donors (Lipinski definition) is 0. The molecule has 0 radical (unpaired) electrons. The van der Waals surface area contributed by atoms with Gasteiger partial charge < -0.3 is 19.1 Å². The van der Waals surface area contributed by atoms with Gasteiger partial charge in [0.1, 0.15) is 11.4 Å². The van der Waals surface area contributed by atoms with E-state index >= 15 is 0 Å². The Balaban J connectivity index is 2.03. The van der Waals surface area contributed by atoms with Gasteiger partial charge in [-0.05, 0) is 11.6 Å². The highest BCUT2D eigenvalue weighted by Gasteiger charge is 2.41. The number of hydrogen-bond acceptors (Lipinski definition) is 6. The molecule has 2 aromatic rings. The van der Waals surface area contributed by atoms with Gasteiger partial charge in [0.05, 0.1) is 32.4 Å².